The van der Waals surface area contributed by atoms with E-state index in [4.69, 9.17) is 37.7 Å². The van der Waals surface area contributed by atoms with Gasteiger partial charge in [0.15, 0.2) is 4.80 Å². The van der Waals surface area contributed by atoms with Crippen LogP contribution in [-0.4, -0.2) is 28.3 Å². The van der Waals surface area contributed by atoms with Crippen molar-refractivity contribution in [3.8, 4) is 5.75 Å². The molecule has 2 aromatic heterocycles. The van der Waals surface area contributed by atoms with E-state index in [1.807, 2.05) is 79.9 Å². The molecule has 0 saturated heterocycles. The Balaban J connectivity index is 1.49. The van der Waals surface area contributed by atoms with Crippen LogP contribution in [0.4, 0.5) is 0 Å². The molecule has 3 aromatic carbocycles. The van der Waals surface area contributed by atoms with E-state index in [-0.39, 0.29) is 12.2 Å². The SMILES string of the molecule is CCOC(=O)C1=C(C)N=c2s/c(=C\c3cn(Cc4ccc(Cl)cc4Cl)c4ccccc34)c(=O)n2[C@H]1c1ccc(OCC)cc1. The third-order valence-corrected chi connectivity index (χ3v) is 9.06. The topological polar surface area (TPSA) is 74.8 Å². The average molecular weight is 647 g/mol. The molecular weight excluding hydrogens is 617 g/mol. The molecule has 6 rings (SSSR count). The van der Waals surface area contributed by atoms with Crippen molar-refractivity contribution in [1.29, 1.82) is 0 Å². The van der Waals surface area contributed by atoms with Gasteiger partial charge in [0.25, 0.3) is 5.56 Å². The number of halogens is 2. The van der Waals surface area contributed by atoms with E-state index >= 15 is 0 Å². The normalized spacial score (nSPS) is 14.9. The molecule has 224 valence electrons. The number of hydrogen-bond acceptors (Lipinski definition) is 6. The van der Waals surface area contributed by atoms with Crippen molar-refractivity contribution < 1.29 is 14.3 Å². The van der Waals surface area contributed by atoms with Gasteiger partial charge in [-0.2, -0.15) is 0 Å². The highest BCUT2D eigenvalue weighted by Gasteiger charge is 2.33. The largest absolute Gasteiger partial charge is 0.494 e. The first-order valence-electron chi connectivity index (χ1n) is 14.2. The van der Waals surface area contributed by atoms with Crippen LogP contribution in [0.5, 0.6) is 5.75 Å². The molecule has 1 aliphatic heterocycles. The number of aromatic nitrogens is 2. The number of ether oxygens (including phenoxy) is 2. The Bertz CT molecular complexity index is 2110. The van der Waals surface area contributed by atoms with Gasteiger partial charge in [-0.25, -0.2) is 9.79 Å². The summed E-state index contributed by atoms with van der Waals surface area (Å²) in [4.78, 5) is 32.6. The third-order valence-electron chi connectivity index (χ3n) is 7.49. The number of para-hydroxylation sites is 1. The van der Waals surface area contributed by atoms with E-state index < -0.39 is 12.0 Å². The number of nitrogens with zero attached hydrogens (tertiary/aromatic N) is 3. The summed E-state index contributed by atoms with van der Waals surface area (Å²) in [5.41, 5.74) is 4.20. The van der Waals surface area contributed by atoms with Gasteiger partial charge in [0, 0.05) is 39.3 Å². The van der Waals surface area contributed by atoms with Gasteiger partial charge in [-0.15, -0.1) is 0 Å². The second-order valence-corrected chi connectivity index (χ2v) is 12.1. The minimum atomic E-state index is -0.698. The fourth-order valence-corrected chi connectivity index (χ4v) is 7.02. The Labute approximate surface area is 267 Å². The Hall–Kier alpha value is -4.11. The lowest BCUT2D eigenvalue weighted by Crippen LogP contribution is -2.39. The van der Waals surface area contributed by atoms with Crippen molar-refractivity contribution in [3.63, 3.8) is 0 Å². The molecule has 0 radical (unpaired) electrons. The van der Waals surface area contributed by atoms with E-state index in [1.54, 1.807) is 24.5 Å². The van der Waals surface area contributed by atoms with Crippen molar-refractivity contribution in [2.45, 2.75) is 33.4 Å². The molecular formula is C34H29Cl2N3O4S. The maximum atomic E-state index is 14.2. The zero-order chi connectivity index (χ0) is 31.0. The van der Waals surface area contributed by atoms with Crippen LogP contribution in [0.15, 0.2) is 94.0 Å². The summed E-state index contributed by atoms with van der Waals surface area (Å²) >= 11 is 13.9. The number of carbonyl (C=O) groups excluding carboxylic acids is 1. The fourth-order valence-electron chi connectivity index (χ4n) is 5.52. The van der Waals surface area contributed by atoms with E-state index in [2.05, 4.69) is 4.57 Å². The highest BCUT2D eigenvalue weighted by molar-refractivity contribution is 7.07. The van der Waals surface area contributed by atoms with E-state index in [9.17, 15) is 9.59 Å². The molecule has 0 saturated carbocycles. The number of thiazole rings is 1. The number of benzene rings is 3. The van der Waals surface area contributed by atoms with Crippen molar-refractivity contribution in [1.82, 2.24) is 9.13 Å². The highest BCUT2D eigenvalue weighted by Crippen LogP contribution is 2.32. The number of fused-ring (bicyclic) bond motifs is 2. The minimum absolute atomic E-state index is 0.210. The number of allylic oxidation sites excluding steroid dienone is 1. The van der Waals surface area contributed by atoms with Crippen LogP contribution < -0.4 is 19.6 Å². The van der Waals surface area contributed by atoms with Crippen molar-refractivity contribution in [3.05, 3.63) is 131 Å². The predicted molar refractivity (Wildman–Crippen MR) is 176 cm³/mol. The van der Waals surface area contributed by atoms with Gasteiger partial charge < -0.3 is 14.0 Å². The van der Waals surface area contributed by atoms with Crippen LogP contribution in [0.25, 0.3) is 17.0 Å². The standard InChI is InChI=1S/C34H29Cl2N3O4S/c1-4-42-25-14-11-21(12-15-25)31-30(33(41)43-5-2)20(3)37-34-39(31)32(40)29(44-34)16-23-19-38(28-9-7-6-8-26(23)28)18-22-10-13-24(35)17-27(22)36/h6-17,19,31H,4-5,18H2,1-3H3/b29-16-/t31-/m0/s1. The Morgan fingerprint density at radius 1 is 1.05 bits per heavy atom. The number of rotatable bonds is 8. The van der Waals surface area contributed by atoms with Gasteiger partial charge in [-0.1, -0.05) is 70.9 Å². The summed E-state index contributed by atoms with van der Waals surface area (Å²) in [5, 5.41) is 2.17. The third kappa shape index (κ3) is 5.61. The lowest BCUT2D eigenvalue weighted by molar-refractivity contribution is -0.139. The summed E-state index contributed by atoms with van der Waals surface area (Å²) in [7, 11) is 0. The summed E-state index contributed by atoms with van der Waals surface area (Å²) < 4.78 is 15.3. The van der Waals surface area contributed by atoms with Crippen LogP contribution >= 0.6 is 34.5 Å². The van der Waals surface area contributed by atoms with E-state index in [0.29, 0.717) is 49.6 Å². The zero-order valence-electron chi connectivity index (χ0n) is 24.3. The van der Waals surface area contributed by atoms with Gasteiger partial charge >= 0.3 is 5.97 Å². The number of carbonyl (C=O) groups is 1. The molecule has 7 nitrogen and oxygen atoms in total. The lowest BCUT2D eigenvalue weighted by atomic mass is 9.96. The van der Waals surface area contributed by atoms with Crippen LogP contribution in [0, 0.1) is 0 Å². The molecule has 0 N–H and O–H groups in total. The first-order valence-corrected chi connectivity index (χ1v) is 15.8. The summed E-state index contributed by atoms with van der Waals surface area (Å²) in [6, 6.07) is 20.2. The van der Waals surface area contributed by atoms with Gasteiger partial charge in [0.2, 0.25) is 0 Å². The Morgan fingerprint density at radius 2 is 1.82 bits per heavy atom. The summed E-state index contributed by atoms with van der Waals surface area (Å²) in [5.74, 6) is 0.212. The molecule has 1 atom stereocenters. The predicted octanol–water partition coefficient (Wildman–Crippen LogP) is 6.51. The smallest absolute Gasteiger partial charge is 0.338 e. The molecule has 1 aliphatic rings. The van der Waals surface area contributed by atoms with Crippen LogP contribution in [0.1, 0.15) is 43.5 Å². The Kier molecular flexibility index (Phi) is 8.49. The zero-order valence-corrected chi connectivity index (χ0v) is 26.7. The molecule has 44 heavy (non-hydrogen) atoms. The number of esters is 1. The lowest BCUT2D eigenvalue weighted by Gasteiger charge is -2.24. The summed E-state index contributed by atoms with van der Waals surface area (Å²) in [6.07, 6.45) is 3.91. The Morgan fingerprint density at radius 3 is 2.55 bits per heavy atom. The molecule has 0 unspecified atom stereocenters. The molecule has 0 amide bonds. The second-order valence-electron chi connectivity index (χ2n) is 10.3. The molecule has 10 heteroatoms. The van der Waals surface area contributed by atoms with Crippen LogP contribution in [0.2, 0.25) is 10.0 Å². The van der Waals surface area contributed by atoms with Gasteiger partial charge in [0.05, 0.1) is 35.1 Å². The van der Waals surface area contributed by atoms with Crippen LogP contribution in [0.3, 0.4) is 0 Å². The van der Waals surface area contributed by atoms with E-state index in [0.717, 1.165) is 27.6 Å². The van der Waals surface area contributed by atoms with Gasteiger partial charge in [-0.3, -0.25) is 9.36 Å². The molecule has 0 aliphatic carbocycles. The van der Waals surface area contributed by atoms with Crippen molar-refractivity contribution in [2.75, 3.05) is 13.2 Å². The monoisotopic (exact) mass is 645 g/mol. The fraction of sp³-hybridized carbons (Fsp3) is 0.206. The van der Waals surface area contributed by atoms with Crippen molar-refractivity contribution in [2.24, 2.45) is 4.99 Å². The molecule has 5 aromatic rings. The second kappa shape index (κ2) is 12.5. The van der Waals surface area contributed by atoms with Crippen molar-refractivity contribution >= 4 is 57.5 Å². The summed E-state index contributed by atoms with van der Waals surface area (Å²) in [6.45, 7) is 6.73. The first kappa shape index (κ1) is 29.9. The molecule has 0 fully saturated rings. The first-order chi connectivity index (χ1) is 21.3. The maximum Gasteiger partial charge on any atom is 0.338 e. The van der Waals surface area contributed by atoms with Crippen LogP contribution in [-0.2, 0) is 16.1 Å². The number of hydrogen-bond donors (Lipinski definition) is 0. The molecule has 3 heterocycles. The highest BCUT2D eigenvalue weighted by atomic mass is 35.5. The molecule has 0 spiro atoms. The minimum Gasteiger partial charge on any atom is -0.494 e. The average Bonchev–Trinajstić information content (AvgIpc) is 3.50. The van der Waals surface area contributed by atoms with Gasteiger partial charge in [-0.05, 0) is 68.3 Å². The maximum absolute atomic E-state index is 14.2. The van der Waals surface area contributed by atoms with E-state index in [1.165, 1.54) is 11.3 Å². The quantitative estimate of drug-likeness (QED) is 0.180. The molecule has 0 bridgehead atoms. The van der Waals surface area contributed by atoms with Gasteiger partial charge in [0.1, 0.15) is 5.75 Å².